The molecule has 1 aromatic rings. The second-order valence-corrected chi connectivity index (χ2v) is 3.38. The molecule has 4 heteroatoms. The lowest BCUT2D eigenvalue weighted by Gasteiger charge is -2.04. The number of aromatic amines is 1. The zero-order chi connectivity index (χ0) is 7.68. The molecule has 0 radical (unpaired) electrons. The van der Waals surface area contributed by atoms with Crippen LogP contribution in [0, 0.1) is 0 Å². The monoisotopic (exact) mass is 216 g/mol. The van der Waals surface area contributed by atoms with Crippen molar-refractivity contribution in [3.63, 3.8) is 0 Å². The zero-order valence-corrected chi connectivity index (χ0v) is 7.60. The maximum Gasteiger partial charge on any atom is 0.174 e. The lowest BCUT2D eigenvalue weighted by molar-refractivity contribution is 0.109. The van der Waals surface area contributed by atoms with Gasteiger partial charge in [0.15, 0.2) is 4.73 Å². The molecule has 2 heterocycles. The molecule has 1 atom stereocenters. The van der Waals surface area contributed by atoms with E-state index in [-0.39, 0.29) is 6.10 Å². The van der Waals surface area contributed by atoms with E-state index in [9.17, 15) is 0 Å². The molecule has 2 rings (SSSR count). The quantitative estimate of drug-likeness (QED) is 0.781. The Morgan fingerprint density at radius 1 is 1.73 bits per heavy atom. The van der Waals surface area contributed by atoms with Crippen molar-refractivity contribution in [3.05, 3.63) is 16.6 Å². The minimum atomic E-state index is 0.244. The summed E-state index contributed by atoms with van der Waals surface area (Å²) in [5.41, 5.74) is 1.08. The fourth-order valence-electron chi connectivity index (χ4n) is 1.30. The largest absolute Gasteiger partial charge is 0.372 e. The Bertz CT molecular complexity index is 242. The first-order valence-electron chi connectivity index (χ1n) is 3.68. The summed E-state index contributed by atoms with van der Waals surface area (Å²) in [6.07, 6.45) is 4.32. The number of hydrogen-bond acceptors (Lipinski definition) is 2. The van der Waals surface area contributed by atoms with Crippen molar-refractivity contribution in [2.75, 3.05) is 6.61 Å². The smallest absolute Gasteiger partial charge is 0.174 e. The van der Waals surface area contributed by atoms with E-state index in [2.05, 4.69) is 25.9 Å². The summed E-state index contributed by atoms with van der Waals surface area (Å²) in [6, 6.07) is 0. The number of rotatable bonds is 1. The molecule has 0 aromatic carbocycles. The molecule has 3 nitrogen and oxygen atoms in total. The molecule has 1 aliphatic heterocycles. The maximum atomic E-state index is 5.46. The van der Waals surface area contributed by atoms with Gasteiger partial charge in [0.1, 0.15) is 0 Å². The molecule has 1 aliphatic rings. The van der Waals surface area contributed by atoms with Gasteiger partial charge in [0.05, 0.1) is 18.0 Å². The molecule has 0 bridgehead atoms. The third-order valence-corrected chi connectivity index (χ3v) is 2.24. The molecule has 60 valence electrons. The van der Waals surface area contributed by atoms with E-state index in [0.717, 1.165) is 29.9 Å². The molecule has 1 aromatic heterocycles. The maximum absolute atomic E-state index is 5.46. The van der Waals surface area contributed by atoms with E-state index in [1.807, 2.05) is 6.20 Å². The van der Waals surface area contributed by atoms with Crippen molar-refractivity contribution in [1.29, 1.82) is 0 Å². The van der Waals surface area contributed by atoms with Crippen LogP contribution < -0.4 is 0 Å². The zero-order valence-electron chi connectivity index (χ0n) is 6.01. The lowest BCUT2D eigenvalue weighted by Crippen LogP contribution is -1.94. The molecule has 1 saturated heterocycles. The van der Waals surface area contributed by atoms with Crippen LogP contribution in [0.15, 0.2) is 10.9 Å². The van der Waals surface area contributed by atoms with Crippen molar-refractivity contribution in [3.8, 4) is 0 Å². The fraction of sp³-hybridized carbons (Fsp3) is 0.571. The van der Waals surface area contributed by atoms with Crippen molar-refractivity contribution < 1.29 is 4.74 Å². The number of nitrogens with one attached hydrogen (secondary N) is 1. The number of imidazole rings is 1. The fourth-order valence-corrected chi connectivity index (χ4v) is 1.63. The van der Waals surface area contributed by atoms with Crippen LogP contribution in [0.3, 0.4) is 0 Å². The van der Waals surface area contributed by atoms with Gasteiger partial charge in [0.2, 0.25) is 0 Å². The Kier molecular flexibility index (Phi) is 1.96. The second-order valence-electron chi connectivity index (χ2n) is 2.63. The summed E-state index contributed by atoms with van der Waals surface area (Å²) >= 11 is 3.26. The van der Waals surface area contributed by atoms with Crippen LogP contribution in [0.25, 0.3) is 0 Å². The number of halogens is 1. The van der Waals surface area contributed by atoms with Gasteiger partial charge in [-0.3, -0.25) is 0 Å². The summed E-state index contributed by atoms with van der Waals surface area (Å²) in [7, 11) is 0. The van der Waals surface area contributed by atoms with Crippen LogP contribution in [-0.2, 0) is 4.74 Å². The highest BCUT2D eigenvalue weighted by atomic mass is 79.9. The number of hydrogen-bond donors (Lipinski definition) is 1. The molecular formula is C7H9BrN2O. The second kappa shape index (κ2) is 2.95. The summed E-state index contributed by atoms with van der Waals surface area (Å²) in [4.78, 5) is 7.14. The number of nitrogens with zero attached hydrogens (tertiary/aromatic N) is 1. The van der Waals surface area contributed by atoms with Crippen molar-refractivity contribution in [2.24, 2.45) is 0 Å². The van der Waals surface area contributed by atoms with Gasteiger partial charge in [-0.2, -0.15) is 0 Å². The minimum Gasteiger partial charge on any atom is -0.372 e. The molecule has 0 spiro atoms. The Labute approximate surface area is 73.3 Å². The minimum absolute atomic E-state index is 0.244. The summed E-state index contributed by atoms with van der Waals surface area (Å²) in [5, 5.41) is 0. The lowest BCUT2D eigenvalue weighted by atomic mass is 10.2. The van der Waals surface area contributed by atoms with E-state index in [4.69, 9.17) is 4.74 Å². The van der Waals surface area contributed by atoms with Crippen molar-refractivity contribution in [2.45, 2.75) is 18.9 Å². The summed E-state index contributed by atoms with van der Waals surface area (Å²) < 4.78 is 6.24. The summed E-state index contributed by atoms with van der Waals surface area (Å²) in [5.74, 6) is 0. The predicted molar refractivity (Wildman–Crippen MR) is 44.2 cm³/mol. The predicted octanol–water partition coefficient (Wildman–Crippen LogP) is 2.02. The number of H-pyrrole nitrogens is 1. The molecular weight excluding hydrogens is 208 g/mol. The number of aromatic nitrogens is 2. The molecule has 0 amide bonds. The van der Waals surface area contributed by atoms with Crippen LogP contribution in [0.4, 0.5) is 0 Å². The van der Waals surface area contributed by atoms with Crippen LogP contribution in [0.1, 0.15) is 24.6 Å². The molecule has 0 saturated carbocycles. The highest BCUT2D eigenvalue weighted by Gasteiger charge is 2.18. The average molecular weight is 217 g/mol. The molecule has 11 heavy (non-hydrogen) atoms. The van der Waals surface area contributed by atoms with Gasteiger partial charge in [-0.25, -0.2) is 4.98 Å². The topological polar surface area (TPSA) is 37.9 Å². The Hall–Kier alpha value is -0.350. The van der Waals surface area contributed by atoms with Crippen LogP contribution >= 0.6 is 15.9 Å². The SMILES string of the molecule is Brc1ncc(C2CCCO2)[nH]1. The number of ether oxygens (including phenoxy) is 1. The Morgan fingerprint density at radius 2 is 2.64 bits per heavy atom. The van der Waals surface area contributed by atoms with Gasteiger partial charge in [0.25, 0.3) is 0 Å². The standard InChI is InChI=1S/C7H9BrN2O/c8-7-9-4-5(10-7)6-2-1-3-11-6/h4,6H,1-3H2,(H,9,10). The molecule has 1 fully saturated rings. The van der Waals surface area contributed by atoms with Crippen molar-refractivity contribution in [1.82, 2.24) is 9.97 Å². The molecule has 1 N–H and O–H groups in total. The van der Waals surface area contributed by atoms with Crippen LogP contribution in [-0.4, -0.2) is 16.6 Å². The van der Waals surface area contributed by atoms with Crippen LogP contribution in [0.5, 0.6) is 0 Å². The van der Waals surface area contributed by atoms with Crippen LogP contribution in [0.2, 0.25) is 0 Å². The van der Waals surface area contributed by atoms with Gasteiger partial charge < -0.3 is 9.72 Å². The van der Waals surface area contributed by atoms with Gasteiger partial charge >= 0.3 is 0 Å². The normalized spacial score (nSPS) is 24.3. The van der Waals surface area contributed by atoms with Gasteiger partial charge in [-0.15, -0.1) is 0 Å². The Balaban J connectivity index is 2.15. The summed E-state index contributed by atoms with van der Waals surface area (Å²) in [6.45, 7) is 0.876. The first-order valence-corrected chi connectivity index (χ1v) is 4.47. The third-order valence-electron chi connectivity index (χ3n) is 1.84. The van der Waals surface area contributed by atoms with Gasteiger partial charge in [-0.1, -0.05) is 0 Å². The molecule has 1 unspecified atom stereocenters. The Morgan fingerprint density at radius 3 is 3.18 bits per heavy atom. The molecule has 0 aliphatic carbocycles. The highest BCUT2D eigenvalue weighted by molar-refractivity contribution is 9.10. The average Bonchev–Trinajstić information content (AvgIpc) is 2.55. The van der Waals surface area contributed by atoms with Gasteiger partial charge in [0, 0.05) is 6.61 Å². The third kappa shape index (κ3) is 1.46. The van der Waals surface area contributed by atoms with E-state index in [1.165, 1.54) is 0 Å². The van der Waals surface area contributed by atoms with E-state index in [1.54, 1.807) is 0 Å². The van der Waals surface area contributed by atoms with Gasteiger partial charge in [-0.05, 0) is 28.8 Å². The van der Waals surface area contributed by atoms with Crippen molar-refractivity contribution >= 4 is 15.9 Å². The van der Waals surface area contributed by atoms with E-state index < -0.39 is 0 Å². The highest BCUT2D eigenvalue weighted by Crippen LogP contribution is 2.27. The van der Waals surface area contributed by atoms with E-state index >= 15 is 0 Å². The first-order chi connectivity index (χ1) is 5.36. The van der Waals surface area contributed by atoms with E-state index in [0.29, 0.717) is 0 Å². The first kappa shape index (κ1) is 7.31.